The molecular weight excluding hydrogens is 226 g/mol. The number of benzene rings is 1. The second kappa shape index (κ2) is 4.28. The zero-order chi connectivity index (χ0) is 12.7. The molecule has 96 valence electrons. The monoisotopic (exact) mass is 245 g/mol. The van der Waals surface area contributed by atoms with E-state index < -0.39 is 0 Å². The van der Waals surface area contributed by atoms with Crippen LogP contribution >= 0.6 is 0 Å². The number of para-hydroxylation sites is 2. The summed E-state index contributed by atoms with van der Waals surface area (Å²) in [6, 6.07) is 8.19. The lowest BCUT2D eigenvalue weighted by molar-refractivity contribution is 0.136. The summed E-state index contributed by atoms with van der Waals surface area (Å²) in [5.41, 5.74) is 2.20. The third-order valence-electron chi connectivity index (χ3n) is 3.95. The van der Waals surface area contributed by atoms with Gasteiger partial charge in [-0.2, -0.15) is 0 Å². The Labute approximate surface area is 107 Å². The van der Waals surface area contributed by atoms with E-state index in [1.807, 2.05) is 25.1 Å². The summed E-state index contributed by atoms with van der Waals surface area (Å²) < 4.78 is 2.14. The first-order valence-electron chi connectivity index (χ1n) is 6.51. The fourth-order valence-electron chi connectivity index (χ4n) is 2.78. The average Bonchev–Trinajstić information content (AvgIpc) is 2.95. The highest BCUT2D eigenvalue weighted by molar-refractivity contribution is 5.78. The van der Waals surface area contributed by atoms with E-state index in [1.54, 1.807) is 0 Å². The van der Waals surface area contributed by atoms with Gasteiger partial charge in [0.2, 0.25) is 5.95 Å². The first-order valence-corrected chi connectivity index (χ1v) is 6.51. The van der Waals surface area contributed by atoms with Gasteiger partial charge in [0.05, 0.1) is 17.1 Å². The maximum atomic E-state index is 9.67. The van der Waals surface area contributed by atoms with Gasteiger partial charge in [-0.3, -0.25) is 0 Å². The van der Waals surface area contributed by atoms with Gasteiger partial charge in [-0.05, 0) is 25.5 Å². The molecule has 1 aromatic carbocycles. The van der Waals surface area contributed by atoms with Crippen molar-refractivity contribution in [3.05, 3.63) is 24.3 Å². The molecule has 1 aliphatic heterocycles. The number of aliphatic hydroxyl groups is 1. The van der Waals surface area contributed by atoms with Gasteiger partial charge >= 0.3 is 0 Å². The summed E-state index contributed by atoms with van der Waals surface area (Å²) in [5, 5.41) is 9.67. The van der Waals surface area contributed by atoms with Crippen LogP contribution < -0.4 is 4.90 Å². The van der Waals surface area contributed by atoms with Gasteiger partial charge < -0.3 is 14.6 Å². The van der Waals surface area contributed by atoms with Crippen molar-refractivity contribution in [1.82, 2.24) is 9.55 Å². The van der Waals surface area contributed by atoms with E-state index in [1.165, 1.54) is 0 Å². The second-order valence-corrected chi connectivity index (χ2v) is 5.19. The Morgan fingerprint density at radius 1 is 1.39 bits per heavy atom. The maximum absolute atomic E-state index is 9.67. The standard InChI is InChI=1S/C14H19N3O/c1-10(18)11-7-8-17(9-11)14-15-12-5-3-4-6-13(12)16(14)2/h3-6,10-11,18H,7-9H2,1-2H3. The molecule has 1 N–H and O–H groups in total. The Kier molecular flexibility index (Phi) is 2.74. The topological polar surface area (TPSA) is 41.3 Å². The van der Waals surface area contributed by atoms with E-state index in [-0.39, 0.29) is 6.10 Å². The van der Waals surface area contributed by atoms with Crippen LogP contribution in [0.5, 0.6) is 0 Å². The van der Waals surface area contributed by atoms with Crippen molar-refractivity contribution >= 4 is 17.0 Å². The Morgan fingerprint density at radius 2 is 2.17 bits per heavy atom. The van der Waals surface area contributed by atoms with Gasteiger partial charge in [0.25, 0.3) is 0 Å². The quantitative estimate of drug-likeness (QED) is 0.877. The van der Waals surface area contributed by atoms with Crippen LogP contribution in [0.15, 0.2) is 24.3 Å². The van der Waals surface area contributed by atoms with Crippen LogP contribution in [-0.2, 0) is 7.05 Å². The molecule has 0 aliphatic carbocycles. The van der Waals surface area contributed by atoms with E-state index >= 15 is 0 Å². The first kappa shape index (κ1) is 11.5. The molecule has 4 heteroatoms. The number of aromatic nitrogens is 2. The molecule has 2 atom stereocenters. The molecule has 2 aromatic rings. The number of aryl methyl sites for hydroxylation is 1. The molecule has 2 heterocycles. The summed E-state index contributed by atoms with van der Waals surface area (Å²) >= 11 is 0. The van der Waals surface area contributed by atoms with E-state index in [9.17, 15) is 5.11 Å². The zero-order valence-electron chi connectivity index (χ0n) is 10.9. The molecule has 1 fully saturated rings. The minimum atomic E-state index is -0.232. The van der Waals surface area contributed by atoms with Crippen molar-refractivity contribution in [3.63, 3.8) is 0 Å². The summed E-state index contributed by atoms with van der Waals surface area (Å²) in [4.78, 5) is 6.97. The van der Waals surface area contributed by atoms with E-state index in [4.69, 9.17) is 4.98 Å². The number of anilines is 1. The van der Waals surface area contributed by atoms with E-state index in [0.717, 1.165) is 36.5 Å². The first-order chi connectivity index (χ1) is 8.66. The molecule has 0 spiro atoms. The molecule has 2 unspecified atom stereocenters. The molecule has 0 amide bonds. The minimum absolute atomic E-state index is 0.232. The molecule has 1 aliphatic rings. The number of aliphatic hydroxyl groups excluding tert-OH is 1. The van der Waals surface area contributed by atoms with Crippen LogP contribution in [0.2, 0.25) is 0 Å². The van der Waals surface area contributed by atoms with Crippen molar-refractivity contribution in [2.75, 3.05) is 18.0 Å². The van der Waals surface area contributed by atoms with E-state index in [0.29, 0.717) is 5.92 Å². The van der Waals surface area contributed by atoms with Crippen LogP contribution in [0.1, 0.15) is 13.3 Å². The lowest BCUT2D eigenvalue weighted by atomic mass is 10.0. The maximum Gasteiger partial charge on any atom is 0.206 e. The smallest absolute Gasteiger partial charge is 0.206 e. The Hall–Kier alpha value is -1.55. The highest BCUT2D eigenvalue weighted by atomic mass is 16.3. The predicted octanol–water partition coefficient (Wildman–Crippen LogP) is 1.78. The van der Waals surface area contributed by atoms with Crippen molar-refractivity contribution in [3.8, 4) is 0 Å². The molecule has 1 saturated heterocycles. The fourth-order valence-corrected chi connectivity index (χ4v) is 2.78. The summed E-state index contributed by atoms with van der Waals surface area (Å²) in [6.45, 7) is 3.75. The van der Waals surface area contributed by atoms with Crippen LogP contribution in [0.4, 0.5) is 5.95 Å². The molecule has 0 saturated carbocycles. The molecule has 18 heavy (non-hydrogen) atoms. The van der Waals surface area contributed by atoms with Crippen LogP contribution in [0, 0.1) is 5.92 Å². The Bertz CT molecular complexity index is 561. The van der Waals surface area contributed by atoms with Crippen molar-refractivity contribution in [2.45, 2.75) is 19.4 Å². The van der Waals surface area contributed by atoms with Gasteiger partial charge in [0.1, 0.15) is 0 Å². The van der Waals surface area contributed by atoms with Gasteiger partial charge in [-0.1, -0.05) is 12.1 Å². The second-order valence-electron chi connectivity index (χ2n) is 5.19. The third-order valence-corrected chi connectivity index (χ3v) is 3.95. The summed E-state index contributed by atoms with van der Waals surface area (Å²) in [6.07, 6.45) is 0.811. The number of hydrogen-bond donors (Lipinski definition) is 1. The minimum Gasteiger partial charge on any atom is -0.393 e. The third kappa shape index (κ3) is 1.77. The highest BCUT2D eigenvalue weighted by Gasteiger charge is 2.28. The van der Waals surface area contributed by atoms with E-state index in [2.05, 4.69) is 22.6 Å². The molecule has 1 aromatic heterocycles. The lowest BCUT2D eigenvalue weighted by Gasteiger charge is -2.18. The zero-order valence-corrected chi connectivity index (χ0v) is 10.9. The molecule has 4 nitrogen and oxygen atoms in total. The Morgan fingerprint density at radius 3 is 2.83 bits per heavy atom. The van der Waals surface area contributed by atoms with Crippen molar-refractivity contribution in [1.29, 1.82) is 0 Å². The normalized spacial score (nSPS) is 21.7. The average molecular weight is 245 g/mol. The van der Waals surface area contributed by atoms with Gasteiger partial charge in [-0.15, -0.1) is 0 Å². The SMILES string of the molecule is CC(O)C1CCN(c2nc3ccccc3n2C)C1. The van der Waals surface area contributed by atoms with Crippen molar-refractivity contribution < 1.29 is 5.11 Å². The lowest BCUT2D eigenvalue weighted by Crippen LogP contribution is -2.25. The number of nitrogens with zero attached hydrogens (tertiary/aromatic N) is 3. The molecular formula is C14H19N3O. The molecule has 0 radical (unpaired) electrons. The number of fused-ring (bicyclic) bond motifs is 1. The number of hydrogen-bond acceptors (Lipinski definition) is 3. The largest absolute Gasteiger partial charge is 0.393 e. The van der Waals surface area contributed by atoms with Crippen molar-refractivity contribution in [2.24, 2.45) is 13.0 Å². The number of rotatable bonds is 2. The van der Waals surface area contributed by atoms with Crippen LogP contribution in [-0.4, -0.2) is 33.9 Å². The highest BCUT2D eigenvalue weighted by Crippen LogP contribution is 2.27. The van der Waals surface area contributed by atoms with Crippen LogP contribution in [0.25, 0.3) is 11.0 Å². The molecule has 3 rings (SSSR count). The summed E-state index contributed by atoms with van der Waals surface area (Å²) in [7, 11) is 2.06. The van der Waals surface area contributed by atoms with Gasteiger partial charge in [0.15, 0.2) is 0 Å². The van der Waals surface area contributed by atoms with Crippen LogP contribution in [0.3, 0.4) is 0 Å². The summed E-state index contributed by atoms with van der Waals surface area (Å²) in [5.74, 6) is 1.38. The predicted molar refractivity (Wildman–Crippen MR) is 72.7 cm³/mol. The van der Waals surface area contributed by atoms with Gasteiger partial charge in [0, 0.05) is 26.1 Å². The Balaban J connectivity index is 1.93. The fraction of sp³-hybridized carbons (Fsp3) is 0.500. The van der Waals surface area contributed by atoms with Gasteiger partial charge in [-0.25, -0.2) is 4.98 Å². The molecule has 0 bridgehead atoms. The number of imidazole rings is 1.